The molecule has 0 aromatic carbocycles. The van der Waals surface area contributed by atoms with E-state index in [0.717, 1.165) is 0 Å². The molecule has 41 heavy (non-hydrogen) atoms. The van der Waals surface area contributed by atoms with Crippen molar-refractivity contribution in [3.8, 4) is 0 Å². The first kappa shape index (κ1) is 41.6. The average Bonchev–Trinajstić information content (AvgIpc) is 2.98. The Bertz CT molecular complexity index is 410. The fourth-order valence-corrected chi connectivity index (χ4v) is 17.8. The topological polar surface area (TPSA) is 18.5 Å². The summed E-state index contributed by atoms with van der Waals surface area (Å²) in [5.41, 5.74) is 0. The summed E-state index contributed by atoms with van der Waals surface area (Å²) in [5, 5.41) is 0. The highest BCUT2D eigenvalue weighted by Gasteiger charge is 2.38. The van der Waals surface area contributed by atoms with Crippen LogP contribution < -0.4 is 0 Å². The molecule has 0 aromatic heterocycles. The van der Waals surface area contributed by atoms with Gasteiger partial charge in [0.2, 0.25) is 0 Å². The van der Waals surface area contributed by atoms with E-state index in [1.807, 2.05) is 0 Å². The van der Waals surface area contributed by atoms with Crippen LogP contribution in [0.25, 0.3) is 0 Å². The van der Waals surface area contributed by atoms with Crippen molar-refractivity contribution >= 4 is 26.6 Å². The molecule has 2 nitrogen and oxygen atoms in total. The third kappa shape index (κ3) is 23.6. The second kappa shape index (κ2) is 30.6. The van der Waals surface area contributed by atoms with E-state index in [9.17, 15) is 0 Å². The normalized spacial score (nSPS) is 12.4. The van der Waals surface area contributed by atoms with Crippen LogP contribution >= 0.6 is 0 Å². The standard InChI is InChI=1S/C36H78O2Si3/c1-7-13-19-25-31-40(32-26-20-14-8-2,33-27-21-15-9-3)37-39-38-41(34-28-22-16-10-4,35-29-23-17-11-5)36-30-24-18-12-6/h7-36H2,1-6H3. The van der Waals surface area contributed by atoms with Crippen molar-refractivity contribution in [1.29, 1.82) is 0 Å². The van der Waals surface area contributed by atoms with Gasteiger partial charge in [-0.1, -0.05) is 196 Å². The molecule has 0 amide bonds. The summed E-state index contributed by atoms with van der Waals surface area (Å²) in [4.78, 5) is 0. The summed E-state index contributed by atoms with van der Waals surface area (Å²) in [7, 11) is -3.20. The predicted molar refractivity (Wildman–Crippen MR) is 193 cm³/mol. The first-order chi connectivity index (χ1) is 20.1. The molecule has 0 saturated carbocycles. The molecule has 5 heteroatoms. The van der Waals surface area contributed by atoms with E-state index in [4.69, 9.17) is 8.23 Å². The van der Waals surface area contributed by atoms with Crippen LogP contribution in [-0.4, -0.2) is 26.6 Å². The van der Waals surface area contributed by atoms with E-state index in [2.05, 4.69) is 41.5 Å². The average molecular weight is 627 g/mol. The fourth-order valence-electron chi connectivity index (χ4n) is 6.50. The van der Waals surface area contributed by atoms with Gasteiger partial charge in [-0.25, -0.2) is 0 Å². The van der Waals surface area contributed by atoms with Gasteiger partial charge in [-0.3, -0.25) is 0 Å². The lowest BCUT2D eigenvalue weighted by atomic mass is 10.2. The summed E-state index contributed by atoms with van der Waals surface area (Å²) >= 11 is 0. The van der Waals surface area contributed by atoms with Gasteiger partial charge in [0.15, 0.2) is 16.6 Å². The Labute approximate surface area is 266 Å². The maximum atomic E-state index is 7.29. The van der Waals surface area contributed by atoms with Crippen LogP contribution in [0, 0.1) is 0 Å². The summed E-state index contributed by atoms with van der Waals surface area (Å²) < 4.78 is 14.6. The predicted octanol–water partition coefficient (Wildman–Crippen LogP) is 13.9. The summed E-state index contributed by atoms with van der Waals surface area (Å²) in [6, 6.07) is 8.33. The van der Waals surface area contributed by atoms with Crippen molar-refractivity contribution in [2.45, 2.75) is 232 Å². The number of rotatable bonds is 34. The highest BCUT2D eigenvalue weighted by molar-refractivity contribution is 6.80. The van der Waals surface area contributed by atoms with Gasteiger partial charge in [0.25, 0.3) is 0 Å². The molecule has 0 N–H and O–H groups in total. The van der Waals surface area contributed by atoms with Gasteiger partial charge in [-0.2, -0.15) is 0 Å². The number of unbranched alkanes of at least 4 members (excludes halogenated alkanes) is 18. The molecule has 0 spiro atoms. The lowest BCUT2D eigenvalue weighted by Gasteiger charge is -2.36. The second-order valence-electron chi connectivity index (χ2n) is 13.5. The zero-order valence-electron chi connectivity index (χ0n) is 29.5. The van der Waals surface area contributed by atoms with Gasteiger partial charge in [-0.05, 0) is 36.3 Å². The van der Waals surface area contributed by atoms with Crippen molar-refractivity contribution in [3.63, 3.8) is 0 Å². The van der Waals surface area contributed by atoms with Crippen LogP contribution in [0.2, 0.25) is 36.3 Å². The fraction of sp³-hybridized carbons (Fsp3) is 1.00. The quantitative estimate of drug-likeness (QED) is 0.0522. The minimum absolute atomic E-state index is 0.332. The van der Waals surface area contributed by atoms with Crippen molar-refractivity contribution in [3.05, 3.63) is 0 Å². The Morgan fingerprint density at radius 3 is 0.659 bits per heavy atom. The van der Waals surface area contributed by atoms with E-state index in [1.165, 1.54) is 190 Å². The molecule has 0 rings (SSSR count). The van der Waals surface area contributed by atoms with Crippen LogP contribution in [0.1, 0.15) is 196 Å². The van der Waals surface area contributed by atoms with Gasteiger partial charge >= 0.3 is 10.0 Å². The molecule has 0 unspecified atom stereocenters. The van der Waals surface area contributed by atoms with E-state index >= 15 is 0 Å². The van der Waals surface area contributed by atoms with Crippen molar-refractivity contribution < 1.29 is 8.23 Å². The molecule has 0 aliphatic rings. The highest BCUT2D eigenvalue weighted by Crippen LogP contribution is 2.34. The molecule has 0 aromatic rings. The minimum atomic E-state index is -1.77. The first-order valence-electron chi connectivity index (χ1n) is 19.2. The van der Waals surface area contributed by atoms with Crippen LogP contribution in [-0.2, 0) is 8.23 Å². The molecule has 0 atom stereocenters. The molecule has 0 fully saturated rings. The molecular formula is C36H78O2Si3. The van der Waals surface area contributed by atoms with Crippen molar-refractivity contribution in [2.24, 2.45) is 0 Å². The Morgan fingerprint density at radius 1 is 0.293 bits per heavy atom. The van der Waals surface area contributed by atoms with E-state index in [0.29, 0.717) is 10.0 Å². The Hall–Kier alpha value is 0.571. The SMILES string of the molecule is CCCCCC[Si](CCCCCC)(CCCCCC)O[Si]O[Si](CCCCCC)(CCCCCC)CCCCCC. The summed E-state index contributed by atoms with van der Waals surface area (Å²) in [6.45, 7) is 14.1. The molecular weight excluding hydrogens is 549 g/mol. The highest BCUT2D eigenvalue weighted by atomic mass is 28.4. The first-order valence-corrected chi connectivity index (χ1v) is 25.1. The van der Waals surface area contributed by atoms with Gasteiger partial charge in [0, 0.05) is 0 Å². The molecule has 0 heterocycles. The third-order valence-electron chi connectivity index (χ3n) is 9.43. The maximum absolute atomic E-state index is 7.29. The Balaban J connectivity index is 5.70. The van der Waals surface area contributed by atoms with Crippen LogP contribution in [0.4, 0.5) is 0 Å². The maximum Gasteiger partial charge on any atom is 0.410 e. The Morgan fingerprint density at radius 2 is 0.488 bits per heavy atom. The molecule has 0 bridgehead atoms. The summed E-state index contributed by atoms with van der Waals surface area (Å²) in [6.07, 6.45) is 33.0. The van der Waals surface area contributed by atoms with Gasteiger partial charge in [0.05, 0.1) is 0 Å². The molecule has 0 aliphatic carbocycles. The largest absolute Gasteiger partial charge is 0.434 e. The molecule has 2 radical (unpaired) electrons. The van der Waals surface area contributed by atoms with E-state index in [1.54, 1.807) is 0 Å². The van der Waals surface area contributed by atoms with Crippen LogP contribution in [0.5, 0.6) is 0 Å². The Kier molecular flexibility index (Phi) is 31.0. The monoisotopic (exact) mass is 627 g/mol. The van der Waals surface area contributed by atoms with Gasteiger partial charge in [-0.15, -0.1) is 0 Å². The number of hydrogen-bond donors (Lipinski definition) is 0. The smallest absolute Gasteiger partial charge is 0.410 e. The lowest BCUT2D eigenvalue weighted by molar-refractivity contribution is 0.418. The van der Waals surface area contributed by atoms with Crippen LogP contribution in [0.15, 0.2) is 0 Å². The van der Waals surface area contributed by atoms with Gasteiger partial charge < -0.3 is 8.23 Å². The van der Waals surface area contributed by atoms with Crippen molar-refractivity contribution in [1.82, 2.24) is 0 Å². The zero-order valence-corrected chi connectivity index (χ0v) is 32.5. The number of hydrogen-bond acceptors (Lipinski definition) is 2. The molecule has 0 saturated heterocycles. The zero-order chi connectivity index (χ0) is 30.3. The van der Waals surface area contributed by atoms with Gasteiger partial charge in [0.1, 0.15) is 0 Å². The third-order valence-corrected chi connectivity index (χ3v) is 21.2. The van der Waals surface area contributed by atoms with E-state index < -0.39 is 16.6 Å². The van der Waals surface area contributed by atoms with Crippen LogP contribution in [0.3, 0.4) is 0 Å². The van der Waals surface area contributed by atoms with Crippen molar-refractivity contribution in [2.75, 3.05) is 0 Å². The molecule has 0 aliphatic heterocycles. The minimum Gasteiger partial charge on any atom is -0.434 e. The lowest BCUT2D eigenvalue weighted by Crippen LogP contribution is -2.45. The van der Waals surface area contributed by atoms with E-state index in [-0.39, 0.29) is 0 Å². The second-order valence-corrected chi connectivity index (χ2v) is 23.0. The summed E-state index contributed by atoms with van der Waals surface area (Å²) in [5.74, 6) is 0. The molecule has 246 valence electrons.